The number of hydrogen-bond acceptors (Lipinski definition) is 4. The van der Waals surface area contributed by atoms with Gasteiger partial charge in [0, 0.05) is 4.91 Å². The van der Waals surface area contributed by atoms with Crippen LogP contribution in [0.3, 0.4) is 0 Å². The van der Waals surface area contributed by atoms with Gasteiger partial charge in [0.2, 0.25) is 0 Å². The first-order valence-corrected chi connectivity index (χ1v) is 3.85. The summed E-state index contributed by atoms with van der Waals surface area (Å²) in [6.07, 6.45) is 1.29. The number of aliphatic carboxylic acids is 1. The standard InChI is InChI=1S/C6H13N5O2/c7-4-2-1-3-6(8,5(12)13)10-11-9/h1-4,7-8H2,(H,12,13)/t6-/m0/s1. The van der Waals surface area contributed by atoms with Gasteiger partial charge in [-0.25, -0.2) is 0 Å². The molecule has 5 N–H and O–H groups in total. The molecule has 0 amide bonds. The Kier molecular flexibility index (Phi) is 4.83. The third kappa shape index (κ3) is 3.75. The molecule has 0 aromatic heterocycles. The topological polar surface area (TPSA) is 138 Å². The van der Waals surface area contributed by atoms with E-state index >= 15 is 0 Å². The molecule has 0 rings (SSSR count). The second kappa shape index (κ2) is 5.36. The molecule has 0 bridgehead atoms. The highest BCUT2D eigenvalue weighted by molar-refractivity contribution is 5.77. The predicted octanol–water partition coefficient (Wildman–Crippen LogP) is 0.165. The highest BCUT2D eigenvalue weighted by Crippen LogP contribution is 2.13. The van der Waals surface area contributed by atoms with Crippen molar-refractivity contribution in [3.05, 3.63) is 10.4 Å². The van der Waals surface area contributed by atoms with Crippen LogP contribution in [0.4, 0.5) is 0 Å². The number of nitrogens with zero attached hydrogens (tertiary/aromatic N) is 3. The number of rotatable bonds is 6. The molecular formula is C6H13N5O2. The van der Waals surface area contributed by atoms with Crippen molar-refractivity contribution in [2.24, 2.45) is 16.6 Å². The fourth-order valence-electron chi connectivity index (χ4n) is 0.818. The first-order valence-electron chi connectivity index (χ1n) is 3.85. The Bertz CT molecular complexity index is 221. The van der Waals surface area contributed by atoms with Crippen molar-refractivity contribution >= 4 is 5.97 Å². The summed E-state index contributed by atoms with van der Waals surface area (Å²) in [5.74, 6) is -1.32. The minimum Gasteiger partial charge on any atom is -0.480 e. The number of nitrogens with two attached hydrogens (primary N) is 2. The molecule has 7 nitrogen and oxygen atoms in total. The van der Waals surface area contributed by atoms with E-state index < -0.39 is 11.6 Å². The summed E-state index contributed by atoms with van der Waals surface area (Å²) >= 11 is 0. The van der Waals surface area contributed by atoms with Gasteiger partial charge in [-0.2, -0.15) is 0 Å². The van der Waals surface area contributed by atoms with Crippen molar-refractivity contribution in [3.63, 3.8) is 0 Å². The predicted molar refractivity (Wildman–Crippen MR) is 46.6 cm³/mol. The Morgan fingerprint density at radius 1 is 1.62 bits per heavy atom. The number of carboxylic acids is 1. The van der Waals surface area contributed by atoms with Gasteiger partial charge in [0.25, 0.3) is 0 Å². The number of carbonyl (C=O) groups is 1. The van der Waals surface area contributed by atoms with Crippen molar-refractivity contribution < 1.29 is 9.90 Å². The van der Waals surface area contributed by atoms with E-state index in [-0.39, 0.29) is 6.42 Å². The highest BCUT2D eigenvalue weighted by Gasteiger charge is 2.31. The summed E-state index contributed by atoms with van der Waals surface area (Å²) in [6, 6.07) is 0. The lowest BCUT2D eigenvalue weighted by Crippen LogP contribution is -2.45. The van der Waals surface area contributed by atoms with Crippen molar-refractivity contribution in [3.8, 4) is 0 Å². The molecule has 0 radical (unpaired) electrons. The molecule has 7 heteroatoms. The zero-order valence-electron chi connectivity index (χ0n) is 7.18. The van der Waals surface area contributed by atoms with Crippen molar-refractivity contribution in [1.82, 2.24) is 0 Å². The lowest BCUT2D eigenvalue weighted by atomic mass is 10.0. The molecule has 0 fully saturated rings. The van der Waals surface area contributed by atoms with Crippen LogP contribution < -0.4 is 11.5 Å². The zero-order valence-corrected chi connectivity index (χ0v) is 7.18. The molecule has 0 aliphatic heterocycles. The summed E-state index contributed by atoms with van der Waals surface area (Å²) < 4.78 is 0. The van der Waals surface area contributed by atoms with Crippen LogP contribution in [0.1, 0.15) is 19.3 Å². The summed E-state index contributed by atoms with van der Waals surface area (Å²) in [5, 5.41) is 11.7. The van der Waals surface area contributed by atoms with Crippen molar-refractivity contribution in [2.75, 3.05) is 6.54 Å². The Balaban J connectivity index is 4.25. The number of azide groups is 1. The lowest BCUT2D eigenvalue weighted by Gasteiger charge is -2.17. The van der Waals surface area contributed by atoms with Gasteiger partial charge in [-0.3, -0.25) is 4.79 Å². The average molecular weight is 187 g/mol. The number of hydrogen-bond donors (Lipinski definition) is 3. The van der Waals surface area contributed by atoms with Gasteiger partial charge >= 0.3 is 5.97 Å². The van der Waals surface area contributed by atoms with Gasteiger partial charge in [0.05, 0.1) is 0 Å². The van der Waals surface area contributed by atoms with Crippen LogP contribution in [-0.4, -0.2) is 23.3 Å². The third-order valence-electron chi connectivity index (χ3n) is 1.61. The molecule has 0 saturated carbocycles. The molecule has 0 aliphatic rings. The Hall–Kier alpha value is -1.30. The monoisotopic (exact) mass is 187 g/mol. The van der Waals surface area contributed by atoms with Gasteiger partial charge in [0.1, 0.15) is 0 Å². The van der Waals surface area contributed by atoms with Crippen LogP contribution in [0.5, 0.6) is 0 Å². The molecule has 13 heavy (non-hydrogen) atoms. The van der Waals surface area contributed by atoms with Crippen molar-refractivity contribution in [2.45, 2.75) is 24.9 Å². The normalized spacial score (nSPS) is 14.3. The fraction of sp³-hybridized carbons (Fsp3) is 0.833. The van der Waals surface area contributed by atoms with Gasteiger partial charge in [-0.15, -0.1) is 0 Å². The minimum atomic E-state index is -1.83. The van der Waals surface area contributed by atoms with Crippen LogP contribution in [0.25, 0.3) is 10.4 Å². The first kappa shape index (κ1) is 11.7. The first-order chi connectivity index (χ1) is 6.06. The highest BCUT2D eigenvalue weighted by atomic mass is 16.4. The fourth-order valence-corrected chi connectivity index (χ4v) is 0.818. The van der Waals surface area contributed by atoms with E-state index in [1.54, 1.807) is 0 Å². The SMILES string of the molecule is [N-]=[N+]=N[C@@](N)(CCCCN)C(=O)O. The molecule has 0 unspecified atom stereocenters. The van der Waals surface area contributed by atoms with Crippen LogP contribution in [0.2, 0.25) is 0 Å². The Labute approximate surface area is 75.3 Å². The van der Waals surface area contributed by atoms with Gasteiger partial charge in [-0.1, -0.05) is 5.11 Å². The number of unbranched alkanes of at least 4 members (excludes halogenated alkanes) is 1. The summed E-state index contributed by atoms with van der Waals surface area (Å²) in [6.45, 7) is 0.464. The van der Waals surface area contributed by atoms with E-state index in [4.69, 9.17) is 22.1 Å². The molecule has 0 aromatic carbocycles. The quantitative estimate of drug-likeness (QED) is 0.236. The molecule has 0 spiro atoms. The van der Waals surface area contributed by atoms with Crippen LogP contribution >= 0.6 is 0 Å². The van der Waals surface area contributed by atoms with E-state index in [9.17, 15) is 4.79 Å². The smallest absolute Gasteiger partial charge is 0.329 e. The van der Waals surface area contributed by atoms with Crippen LogP contribution in [0.15, 0.2) is 5.11 Å². The lowest BCUT2D eigenvalue weighted by molar-refractivity contribution is -0.143. The molecular weight excluding hydrogens is 174 g/mol. The average Bonchev–Trinajstić information content (AvgIpc) is 2.05. The maximum Gasteiger partial charge on any atom is 0.329 e. The van der Waals surface area contributed by atoms with E-state index in [0.29, 0.717) is 19.4 Å². The largest absolute Gasteiger partial charge is 0.480 e. The molecule has 0 aromatic rings. The second-order valence-corrected chi connectivity index (χ2v) is 2.66. The van der Waals surface area contributed by atoms with E-state index in [1.807, 2.05) is 0 Å². The van der Waals surface area contributed by atoms with E-state index in [0.717, 1.165) is 0 Å². The molecule has 0 heterocycles. The van der Waals surface area contributed by atoms with Crippen molar-refractivity contribution in [1.29, 1.82) is 0 Å². The van der Waals surface area contributed by atoms with Gasteiger partial charge < -0.3 is 16.6 Å². The maximum atomic E-state index is 10.6. The number of carboxylic acid groups (broad SMARTS) is 1. The summed E-state index contributed by atoms with van der Waals surface area (Å²) in [5.41, 5.74) is 16.8. The van der Waals surface area contributed by atoms with Crippen LogP contribution in [0, 0.1) is 0 Å². The second-order valence-electron chi connectivity index (χ2n) is 2.66. The van der Waals surface area contributed by atoms with Crippen LogP contribution in [-0.2, 0) is 4.79 Å². The van der Waals surface area contributed by atoms with E-state index in [1.165, 1.54) is 0 Å². The van der Waals surface area contributed by atoms with E-state index in [2.05, 4.69) is 10.0 Å². The molecule has 0 saturated heterocycles. The Morgan fingerprint density at radius 2 is 2.23 bits per heavy atom. The minimum absolute atomic E-state index is 0.101. The molecule has 1 atom stereocenters. The Morgan fingerprint density at radius 3 is 2.62 bits per heavy atom. The molecule has 74 valence electrons. The van der Waals surface area contributed by atoms with Gasteiger partial charge in [0.15, 0.2) is 5.66 Å². The maximum absolute atomic E-state index is 10.6. The third-order valence-corrected chi connectivity index (χ3v) is 1.61. The van der Waals surface area contributed by atoms with Gasteiger partial charge in [-0.05, 0) is 31.3 Å². The summed E-state index contributed by atoms with van der Waals surface area (Å²) in [4.78, 5) is 13.0. The molecule has 0 aliphatic carbocycles. The zero-order chi connectivity index (χ0) is 10.3. The summed E-state index contributed by atoms with van der Waals surface area (Å²) in [7, 11) is 0.